The number of amides is 1. The van der Waals surface area contributed by atoms with Crippen molar-refractivity contribution in [3.63, 3.8) is 0 Å². The van der Waals surface area contributed by atoms with E-state index in [0.29, 0.717) is 5.56 Å². The molecule has 25 heavy (non-hydrogen) atoms. The molecule has 0 spiro atoms. The zero-order chi connectivity index (χ0) is 17.6. The predicted octanol–water partition coefficient (Wildman–Crippen LogP) is 3.10. The number of fused-ring (bicyclic) bond motifs is 2. The summed E-state index contributed by atoms with van der Waals surface area (Å²) in [5.41, 5.74) is 4.55. The number of imidazole rings is 1. The molecule has 0 saturated carbocycles. The van der Waals surface area contributed by atoms with Crippen LogP contribution in [0.25, 0.3) is 10.9 Å². The quantitative estimate of drug-likeness (QED) is 0.783. The van der Waals surface area contributed by atoms with E-state index in [1.807, 2.05) is 39.0 Å². The molecule has 5 nitrogen and oxygen atoms in total. The second-order valence-electron chi connectivity index (χ2n) is 6.98. The lowest BCUT2D eigenvalue weighted by Crippen LogP contribution is -2.41. The lowest BCUT2D eigenvalue weighted by atomic mass is 10.0. The third-order valence-corrected chi connectivity index (χ3v) is 4.85. The minimum absolute atomic E-state index is 0.0429. The zero-order valence-corrected chi connectivity index (χ0v) is 14.8. The number of pyridine rings is 1. The Balaban J connectivity index is 1.57. The van der Waals surface area contributed by atoms with Crippen molar-refractivity contribution >= 4 is 16.8 Å². The third-order valence-electron chi connectivity index (χ3n) is 4.85. The molecule has 2 aromatic heterocycles. The first-order valence-corrected chi connectivity index (χ1v) is 8.71. The summed E-state index contributed by atoms with van der Waals surface area (Å²) in [4.78, 5) is 21.9. The number of nitrogens with zero attached hydrogens (tertiary/aromatic N) is 3. The molecule has 0 fully saturated rings. The molecule has 1 aliphatic rings. The van der Waals surface area contributed by atoms with Gasteiger partial charge in [0.2, 0.25) is 0 Å². The van der Waals surface area contributed by atoms with Crippen LogP contribution in [0.4, 0.5) is 0 Å². The summed E-state index contributed by atoms with van der Waals surface area (Å²) in [7, 11) is 0. The number of hydrogen-bond donors (Lipinski definition) is 1. The van der Waals surface area contributed by atoms with Crippen molar-refractivity contribution in [2.45, 2.75) is 46.2 Å². The number of benzene rings is 1. The van der Waals surface area contributed by atoms with Gasteiger partial charge in [-0.15, -0.1) is 0 Å². The fraction of sp³-hybridized carbons (Fsp3) is 0.350. The van der Waals surface area contributed by atoms with Crippen LogP contribution in [-0.2, 0) is 13.0 Å². The van der Waals surface area contributed by atoms with E-state index in [1.54, 1.807) is 0 Å². The highest BCUT2D eigenvalue weighted by Gasteiger charge is 2.22. The Morgan fingerprint density at radius 1 is 1.20 bits per heavy atom. The molecule has 1 N–H and O–H groups in total. The van der Waals surface area contributed by atoms with Crippen LogP contribution in [-0.4, -0.2) is 26.5 Å². The van der Waals surface area contributed by atoms with E-state index < -0.39 is 0 Å². The molecule has 0 radical (unpaired) electrons. The summed E-state index contributed by atoms with van der Waals surface area (Å²) in [6, 6.07) is 8.20. The van der Waals surface area contributed by atoms with Gasteiger partial charge < -0.3 is 9.88 Å². The smallest absolute Gasteiger partial charge is 0.253 e. The molecule has 0 bridgehead atoms. The van der Waals surface area contributed by atoms with E-state index in [2.05, 4.69) is 32.1 Å². The van der Waals surface area contributed by atoms with Gasteiger partial charge in [-0.05, 0) is 45.4 Å². The number of carbonyl (C=O) groups is 1. The molecule has 0 saturated heterocycles. The second-order valence-corrected chi connectivity index (χ2v) is 6.98. The molecule has 1 aromatic carbocycles. The SMILES string of the molecule is Cc1ccc2nc(C)c(C(=O)NC3CCc4nc(C)cn4C3)cc2c1. The number of nitrogens with one attached hydrogen (secondary N) is 1. The molecule has 1 amide bonds. The molecule has 5 heteroatoms. The molecular formula is C20H22N4O. The number of aromatic nitrogens is 3. The van der Waals surface area contributed by atoms with Gasteiger partial charge in [0.25, 0.3) is 5.91 Å². The lowest BCUT2D eigenvalue weighted by Gasteiger charge is -2.25. The average molecular weight is 334 g/mol. The first-order chi connectivity index (χ1) is 12.0. The van der Waals surface area contributed by atoms with Gasteiger partial charge in [-0.1, -0.05) is 11.6 Å². The highest BCUT2D eigenvalue weighted by Crippen LogP contribution is 2.19. The molecule has 1 unspecified atom stereocenters. The molecule has 1 atom stereocenters. The highest BCUT2D eigenvalue weighted by atomic mass is 16.1. The first-order valence-electron chi connectivity index (χ1n) is 8.71. The minimum Gasteiger partial charge on any atom is -0.347 e. The maximum atomic E-state index is 12.8. The zero-order valence-electron chi connectivity index (χ0n) is 14.8. The summed E-state index contributed by atoms with van der Waals surface area (Å²) in [5.74, 6) is 1.07. The Bertz CT molecular complexity index is 973. The minimum atomic E-state index is -0.0429. The van der Waals surface area contributed by atoms with Gasteiger partial charge in [-0.2, -0.15) is 0 Å². The van der Waals surface area contributed by atoms with Crippen LogP contribution in [0.2, 0.25) is 0 Å². The van der Waals surface area contributed by atoms with Gasteiger partial charge in [0, 0.05) is 30.6 Å². The number of rotatable bonds is 2. The van der Waals surface area contributed by atoms with Crippen LogP contribution < -0.4 is 5.32 Å². The van der Waals surface area contributed by atoms with Gasteiger partial charge in [0.15, 0.2) is 0 Å². The Morgan fingerprint density at radius 2 is 2.04 bits per heavy atom. The fourth-order valence-corrected chi connectivity index (χ4v) is 3.59. The number of hydrogen-bond acceptors (Lipinski definition) is 3. The molecule has 1 aliphatic heterocycles. The Labute approximate surface area is 147 Å². The van der Waals surface area contributed by atoms with Crippen LogP contribution in [0.15, 0.2) is 30.5 Å². The van der Waals surface area contributed by atoms with Gasteiger partial charge >= 0.3 is 0 Å². The first kappa shape index (κ1) is 15.8. The number of aryl methyl sites for hydroxylation is 4. The van der Waals surface area contributed by atoms with Crippen molar-refractivity contribution < 1.29 is 4.79 Å². The summed E-state index contributed by atoms with van der Waals surface area (Å²) < 4.78 is 2.15. The fourth-order valence-electron chi connectivity index (χ4n) is 3.59. The van der Waals surface area contributed by atoms with Crippen molar-refractivity contribution in [3.8, 4) is 0 Å². The summed E-state index contributed by atoms with van der Waals surface area (Å²) in [6.07, 6.45) is 3.87. The lowest BCUT2D eigenvalue weighted by molar-refractivity contribution is 0.0926. The average Bonchev–Trinajstić information content (AvgIpc) is 2.93. The van der Waals surface area contributed by atoms with Crippen molar-refractivity contribution in [1.29, 1.82) is 0 Å². The van der Waals surface area contributed by atoms with Crippen LogP contribution >= 0.6 is 0 Å². The van der Waals surface area contributed by atoms with Crippen molar-refractivity contribution in [2.24, 2.45) is 0 Å². The van der Waals surface area contributed by atoms with Gasteiger partial charge in [-0.3, -0.25) is 9.78 Å². The van der Waals surface area contributed by atoms with E-state index in [-0.39, 0.29) is 11.9 Å². The normalized spacial score (nSPS) is 16.7. The Kier molecular flexibility index (Phi) is 3.79. The van der Waals surface area contributed by atoms with Crippen LogP contribution in [0.3, 0.4) is 0 Å². The molecule has 3 heterocycles. The third kappa shape index (κ3) is 3.02. The largest absolute Gasteiger partial charge is 0.347 e. The standard InChI is InChI=1S/C20H22N4O/c1-12-4-6-18-15(8-12)9-17(14(3)22-18)20(25)23-16-5-7-19-21-13(2)10-24(19)11-16/h4,6,8-10,16H,5,7,11H2,1-3H3,(H,23,25). The monoisotopic (exact) mass is 334 g/mol. The number of carbonyl (C=O) groups excluding carboxylic acids is 1. The molecule has 0 aliphatic carbocycles. The van der Waals surface area contributed by atoms with Crippen LogP contribution in [0.1, 0.15) is 39.6 Å². The maximum absolute atomic E-state index is 12.8. The molecule has 3 aromatic rings. The summed E-state index contributed by atoms with van der Waals surface area (Å²) >= 11 is 0. The topological polar surface area (TPSA) is 59.8 Å². The van der Waals surface area contributed by atoms with Crippen molar-refractivity contribution in [3.05, 3.63) is 58.8 Å². The summed E-state index contributed by atoms with van der Waals surface area (Å²) in [6.45, 7) is 6.73. The van der Waals surface area contributed by atoms with E-state index in [0.717, 1.165) is 47.5 Å². The molecule has 128 valence electrons. The highest BCUT2D eigenvalue weighted by molar-refractivity contribution is 5.98. The van der Waals surface area contributed by atoms with Gasteiger partial charge in [0.1, 0.15) is 5.82 Å². The van der Waals surface area contributed by atoms with Gasteiger partial charge in [-0.25, -0.2) is 4.98 Å². The Morgan fingerprint density at radius 3 is 2.88 bits per heavy atom. The van der Waals surface area contributed by atoms with Crippen LogP contribution in [0.5, 0.6) is 0 Å². The maximum Gasteiger partial charge on any atom is 0.253 e. The van der Waals surface area contributed by atoms with E-state index in [1.165, 1.54) is 5.56 Å². The summed E-state index contributed by atoms with van der Waals surface area (Å²) in [5, 5.41) is 4.18. The second kappa shape index (κ2) is 5.99. The van der Waals surface area contributed by atoms with Gasteiger partial charge in [0.05, 0.1) is 22.5 Å². The van der Waals surface area contributed by atoms with E-state index in [9.17, 15) is 4.79 Å². The predicted molar refractivity (Wildman–Crippen MR) is 97.8 cm³/mol. The van der Waals surface area contributed by atoms with Crippen molar-refractivity contribution in [2.75, 3.05) is 0 Å². The van der Waals surface area contributed by atoms with Crippen LogP contribution in [0, 0.1) is 20.8 Å². The van der Waals surface area contributed by atoms with E-state index in [4.69, 9.17) is 0 Å². The van der Waals surface area contributed by atoms with E-state index >= 15 is 0 Å². The van der Waals surface area contributed by atoms with Crippen molar-refractivity contribution in [1.82, 2.24) is 19.9 Å². The molecular weight excluding hydrogens is 312 g/mol. The Hall–Kier alpha value is -2.69. The molecule has 4 rings (SSSR count).